The quantitative estimate of drug-likeness (QED) is 0.846. The van der Waals surface area contributed by atoms with Crippen molar-refractivity contribution in [3.05, 3.63) is 30.6 Å². The Morgan fingerprint density at radius 3 is 2.61 bits per heavy atom. The molecule has 1 aromatic heterocycles. The Bertz CT molecular complexity index is 490. The van der Waals surface area contributed by atoms with Crippen LogP contribution in [0.5, 0.6) is 0 Å². The first-order valence-electron chi connectivity index (χ1n) is 6.07. The van der Waals surface area contributed by atoms with Crippen LogP contribution in [0.3, 0.4) is 0 Å². The minimum Gasteiger partial charge on any atom is -0.395 e. The summed E-state index contributed by atoms with van der Waals surface area (Å²) in [6, 6.07) is 8.29. The molecule has 0 saturated heterocycles. The van der Waals surface area contributed by atoms with Crippen LogP contribution in [0.1, 0.15) is 19.9 Å². The van der Waals surface area contributed by atoms with E-state index in [1.807, 2.05) is 28.8 Å². The molecule has 0 radical (unpaired) electrons. The summed E-state index contributed by atoms with van der Waals surface area (Å²) in [5.74, 6) is 0.874. The number of rotatable bonds is 5. The van der Waals surface area contributed by atoms with Gasteiger partial charge < -0.3 is 15.0 Å². The third-order valence-electron chi connectivity index (χ3n) is 2.71. The Kier molecular flexibility index (Phi) is 3.94. The van der Waals surface area contributed by atoms with Gasteiger partial charge >= 0.3 is 0 Å². The highest BCUT2D eigenvalue weighted by Gasteiger charge is 2.09. The lowest BCUT2D eigenvalue weighted by Gasteiger charge is -2.10. The van der Waals surface area contributed by atoms with E-state index in [0.717, 1.165) is 17.1 Å². The van der Waals surface area contributed by atoms with E-state index in [9.17, 15) is 0 Å². The van der Waals surface area contributed by atoms with Gasteiger partial charge in [0.15, 0.2) is 5.82 Å². The predicted octanol–water partition coefficient (Wildman–Crippen LogP) is 1.93. The molecular formula is C13H18N4O. The van der Waals surface area contributed by atoms with Crippen LogP contribution >= 0.6 is 0 Å². The minimum absolute atomic E-state index is 0.128. The van der Waals surface area contributed by atoms with Gasteiger partial charge in [-0.2, -0.15) is 0 Å². The number of nitrogens with one attached hydrogen (secondary N) is 1. The Labute approximate surface area is 106 Å². The molecule has 0 amide bonds. The van der Waals surface area contributed by atoms with Gasteiger partial charge in [0, 0.05) is 23.8 Å². The van der Waals surface area contributed by atoms with Crippen molar-refractivity contribution in [1.29, 1.82) is 0 Å². The van der Waals surface area contributed by atoms with E-state index in [-0.39, 0.29) is 6.61 Å². The van der Waals surface area contributed by atoms with Gasteiger partial charge in [-0.05, 0) is 38.1 Å². The van der Waals surface area contributed by atoms with E-state index < -0.39 is 0 Å². The number of hydrogen-bond acceptors (Lipinski definition) is 4. The molecule has 0 aliphatic rings. The van der Waals surface area contributed by atoms with Crippen molar-refractivity contribution >= 4 is 5.69 Å². The van der Waals surface area contributed by atoms with E-state index in [1.165, 1.54) is 0 Å². The summed E-state index contributed by atoms with van der Waals surface area (Å²) in [5, 5.41) is 20.0. The highest BCUT2D eigenvalue weighted by Crippen LogP contribution is 2.21. The van der Waals surface area contributed by atoms with Gasteiger partial charge in [0.1, 0.15) is 6.33 Å². The standard InChI is InChI=1S/C13H18N4O/c1-10(2)17-9-15-16-13(17)11-3-5-12(6-4-11)14-7-8-18/h3-6,9-10,14,18H,7-8H2,1-2H3. The van der Waals surface area contributed by atoms with Crippen molar-refractivity contribution in [1.82, 2.24) is 14.8 Å². The number of aliphatic hydroxyl groups is 1. The Hall–Kier alpha value is -1.88. The predicted molar refractivity (Wildman–Crippen MR) is 71.4 cm³/mol. The van der Waals surface area contributed by atoms with Crippen molar-refractivity contribution in [3.63, 3.8) is 0 Å². The van der Waals surface area contributed by atoms with Crippen LogP contribution in [0.25, 0.3) is 11.4 Å². The largest absolute Gasteiger partial charge is 0.395 e. The highest BCUT2D eigenvalue weighted by atomic mass is 16.3. The first-order valence-corrected chi connectivity index (χ1v) is 6.07. The zero-order valence-electron chi connectivity index (χ0n) is 10.7. The van der Waals surface area contributed by atoms with Crippen LogP contribution < -0.4 is 5.32 Å². The Morgan fingerprint density at radius 1 is 1.28 bits per heavy atom. The summed E-state index contributed by atoms with van der Waals surface area (Å²) in [6.45, 7) is 4.89. The lowest BCUT2D eigenvalue weighted by molar-refractivity contribution is 0.311. The first-order chi connectivity index (χ1) is 8.72. The first kappa shape index (κ1) is 12.6. The zero-order valence-corrected chi connectivity index (χ0v) is 10.7. The smallest absolute Gasteiger partial charge is 0.163 e. The molecule has 2 aromatic rings. The fourth-order valence-corrected chi connectivity index (χ4v) is 1.76. The third kappa shape index (κ3) is 2.68. The van der Waals surface area contributed by atoms with Crippen molar-refractivity contribution in [2.45, 2.75) is 19.9 Å². The summed E-state index contributed by atoms with van der Waals surface area (Å²) >= 11 is 0. The second kappa shape index (κ2) is 5.64. The zero-order chi connectivity index (χ0) is 13.0. The average Bonchev–Trinajstić information content (AvgIpc) is 2.86. The maximum absolute atomic E-state index is 8.75. The number of benzene rings is 1. The maximum atomic E-state index is 8.75. The van der Waals surface area contributed by atoms with Gasteiger partial charge in [0.2, 0.25) is 0 Å². The summed E-state index contributed by atoms with van der Waals surface area (Å²) in [7, 11) is 0. The molecule has 2 rings (SSSR count). The topological polar surface area (TPSA) is 63.0 Å². The van der Waals surface area contributed by atoms with E-state index in [0.29, 0.717) is 12.6 Å². The Balaban J connectivity index is 2.21. The van der Waals surface area contributed by atoms with Gasteiger partial charge in [0.05, 0.1) is 6.61 Å². The van der Waals surface area contributed by atoms with Gasteiger partial charge in [-0.1, -0.05) is 0 Å². The number of nitrogens with zero attached hydrogens (tertiary/aromatic N) is 3. The molecule has 0 atom stereocenters. The SMILES string of the molecule is CC(C)n1cnnc1-c1ccc(NCCO)cc1. The number of aromatic nitrogens is 3. The molecular weight excluding hydrogens is 228 g/mol. The molecule has 2 N–H and O–H groups in total. The molecule has 1 aromatic carbocycles. The number of anilines is 1. The van der Waals surface area contributed by atoms with Gasteiger partial charge in [-0.15, -0.1) is 10.2 Å². The molecule has 18 heavy (non-hydrogen) atoms. The second-order valence-electron chi connectivity index (χ2n) is 4.38. The third-order valence-corrected chi connectivity index (χ3v) is 2.71. The minimum atomic E-state index is 0.128. The molecule has 0 aliphatic heterocycles. The normalized spacial score (nSPS) is 10.9. The van der Waals surface area contributed by atoms with E-state index >= 15 is 0 Å². The van der Waals surface area contributed by atoms with E-state index in [2.05, 4.69) is 29.4 Å². The van der Waals surface area contributed by atoms with Crippen molar-refractivity contribution in [2.75, 3.05) is 18.5 Å². The molecule has 5 heteroatoms. The van der Waals surface area contributed by atoms with E-state index in [4.69, 9.17) is 5.11 Å². The van der Waals surface area contributed by atoms with Crippen LogP contribution in [0.2, 0.25) is 0 Å². The Morgan fingerprint density at radius 2 is 2.00 bits per heavy atom. The van der Waals surface area contributed by atoms with Crippen LogP contribution in [0, 0.1) is 0 Å². The van der Waals surface area contributed by atoms with Crippen LogP contribution in [0.4, 0.5) is 5.69 Å². The van der Waals surface area contributed by atoms with Crippen LogP contribution in [-0.2, 0) is 0 Å². The van der Waals surface area contributed by atoms with Gasteiger partial charge in [0.25, 0.3) is 0 Å². The summed E-state index contributed by atoms with van der Waals surface area (Å²) < 4.78 is 2.04. The molecule has 96 valence electrons. The molecule has 0 spiro atoms. The molecule has 0 fully saturated rings. The number of aliphatic hydroxyl groups excluding tert-OH is 1. The van der Waals surface area contributed by atoms with Gasteiger partial charge in [-0.3, -0.25) is 0 Å². The molecule has 0 saturated carbocycles. The molecule has 0 bridgehead atoms. The van der Waals surface area contributed by atoms with Crippen molar-refractivity contribution < 1.29 is 5.11 Å². The fraction of sp³-hybridized carbons (Fsp3) is 0.385. The van der Waals surface area contributed by atoms with Crippen molar-refractivity contribution in [3.8, 4) is 11.4 Å². The van der Waals surface area contributed by atoms with Crippen LogP contribution in [0.15, 0.2) is 30.6 Å². The van der Waals surface area contributed by atoms with Crippen molar-refractivity contribution in [2.24, 2.45) is 0 Å². The maximum Gasteiger partial charge on any atom is 0.163 e. The summed E-state index contributed by atoms with van der Waals surface area (Å²) in [4.78, 5) is 0. The lowest BCUT2D eigenvalue weighted by atomic mass is 10.2. The molecule has 1 heterocycles. The number of hydrogen-bond donors (Lipinski definition) is 2. The molecule has 5 nitrogen and oxygen atoms in total. The van der Waals surface area contributed by atoms with E-state index in [1.54, 1.807) is 6.33 Å². The average molecular weight is 246 g/mol. The highest BCUT2D eigenvalue weighted by molar-refractivity contribution is 5.59. The lowest BCUT2D eigenvalue weighted by Crippen LogP contribution is -2.05. The fourth-order valence-electron chi connectivity index (χ4n) is 1.76. The second-order valence-corrected chi connectivity index (χ2v) is 4.38. The molecule has 0 aliphatic carbocycles. The monoisotopic (exact) mass is 246 g/mol. The summed E-state index contributed by atoms with van der Waals surface area (Å²) in [5.41, 5.74) is 2.03. The van der Waals surface area contributed by atoms with Gasteiger partial charge in [-0.25, -0.2) is 0 Å². The summed E-state index contributed by atoms with van der Waals surface area (Å²) in [6.07, 6.45) is 1.75. The molecule has 0 unspecified atom stereocenters. The van der Waals surface area contributed by atoms with Crippen LogP contribution in [-0.4, -0.2) is 33.0 Å².